The maximum absolute atomic E-state index is 12.3. The molecule has 0 amide bonds. The van der Waals surface area contributed by atoms with Crippen molar-refractivity contribution in [1.29, 1.82) is 0 Å². The summed E-state index contributed by atoms with van der Waals surface area (Å²) < 4.78 is 46.4. The van der Waals surface area contributed by atoms with E-state index in [-0.39, 0.29) is 17.3 Å². The second-order valence-corrected chi connectivity index (χ2v) is 5.89. The first-order chi connectivity index (χ1) is 9.54. The molecule has 2 atom stereocenters. The van der Waals surface area contributed by atoms with Gasteiger partial charge in [-0.15, -0.1) is 13.2 Å². The Morgan fingerprint density at radius 1 is 1.19 bits per heavy atom. The van der Waals surface area contributed by atoms with Crippen LogP contribution < -0.4 is 10.5 Å². The zero-order chi connectivity index (χ0) is 16.3. The molecule has 0 aliphatic heterocycles. The van der Waals surface area contributed by atoms with Crippen LogP contribution in [0.3, 0.4) is 0 Å². The van der Waals surface area contributed by atoms with Crippen LogP contribution in [0, 0.1) is 5.41 Å². The zero-order valence-electron chi connectivity index (χ0n) is 12.7. The normalized spacial score (nSPS) is 15.6. The summed E-state index contributed by atoms with van der Waals surface area (Å²) in [6, 6.07) is 5.17. The van der Waals surface area contributed by atoms with E-state index in [9.17, 15) is 13.2 Å². The Bertz CT molecular complexity index is 455. The molecule has 6 heteroatoms. The van der Waals surface area contributed by atoms with Crippen molar-refractivity contribution in [3.63, 3.8) is 0 Å². The van der Waals surface area contributed by atoms with Gasteiger partial charge in [0.2, 0.25) is 0 Å². The molecule has 0 saturated carbocycles. The number of ether oxygens (including phenoxy) is 2. The van der Waals surface area contributed by atoms with Crippen LogP contribution in [0.5, 0.6) is 5.75 Å². The van der Waals surface area contributed by atoms with E-state index in [0.717, 1.165) is 0 Å². The lowest BCUT2D eigenvalue weighted by Gasteiger charge is -2.35. The molecule has 120 valence electrons. The van der Waals surface area contributed by atoms with E-state index >= 15 is 0 Å². The largest absolute Gasteiger partial charge is 0.573 e. The molecular formula is C15H22F3NO2. The second-order valence-electron chi connectivity index (χ2n) is 5.89. The molecule has 2 N–H and O–H groups in total. The Hall–Kier alpha value is -1.27. The standard InChI is InChI=1S/C15H22F3NO2/c1-5-20-13(14(2,3)4)12(19)10-7-6-8-11(9-10)21-15(16,17)18/h6-9,12-13H,5,19H2,1-4H3. The first-order valence-corrected chi connectivity index (χ1v) is 6.77. The minimum atomic E-state index is -4.72. The number of hydrogen-bond donors (Lipinski definition) is 1. The third-order valence-corrected chi connectivity index (χ3v) is 3.00. The van der Waals surface area contributed by atoms with Crippen LogP contribution in [0.2, 0.25) is 0 Å². The average molecular weight is 305 g/mol. The van der Waals surface area contributed by atoms with Gasteiger partial charge in [0.15, 0.2) is 0 Å². The fourth-order valence-corrected chi connectivity index (χ4v) is 2.17. The third kappa shape index (κ3) is 5.55. The van der Waals surface area contributed by atoms with Gasteiger partial charge in [0.25, 0.3) is 0 Å². The lowest BCUT2D eigenvalue weighted by atomic mass is 9.82. The zero-order valence-corrected chi connectivity index (χ0v) is 12.7. The summed E-state index contributed by atoms with van der Waals surface area (Å²) in [6.07, 6.45) is -5.03. The summed E-state index contributed by atoms with van der Waals surface area (Å²) in [6.45, 7) is 8.26. The molecule has 1 aromatic rings. The van der Waals surface area contributed by atoms with Crippen LogP contribution in [0.4, 0.5) is 13.2 Å². The summed E-state index contributed by atoms with van der Waals surface area (Å²) in [5.41, 5.74) is 6.49. The summed E-state index contributed by atoms with van der Waals surface area (Å²) in [4.78, 5) is 0. The first kappa shape index (κ1) is 17.8. The highest BCUT2D eigenvalue weighted by atomic mass is 19.4. The molecule has 3 nitrogen and oxygen atoms in total. The molecule has 0 aliphatic rings. The number of hydrogen-bond acceptors (Lipinski definition) is 3. The van der Waals surface area contributed by atoms with E-state index in [0.29, 0.717) is 12.2 Å². The van der Waals surface area contributed by atoms with E-state index < -0.39 is 12.4 Å². The monoisotopic (exact) mass is 305 g/mol. The van der Waals surface area contributed by atoms with E-state index in [1.165, 1.54) is 18.2 Å². The molecule has 1 rings (SSSR count). The van der Waals surface area contributed by atoms with Gasteiger partial charge in [-0.3, -0.25) is 0 Å². The van der Waals surface area contributed by atoms with Crippen molar-refractivity contribution in [2.75, 3.05) is 6.61 Å². The number of nitrogens with two attached hydrogens (primary N) is 1. The van der Waals surface area contributed by atoms with Crippen LogP contribution in [-0.4, -0.2) is 19.1 Å². The molecule has 2 unspecified atom stereocenters. The van der Waals surface area contributed by atoms with Crippen LogP contribution in [0.15, 0.2) is 24.3 Å². The molecule has 0 heterocycles. The van der Waals surface area contributed by atoms with E-state index in [4.69, 9.17) is 10.5 Å². The molecule has 0 spiro atoms. The fraction of sp³-hybridized carbons (Fsp3) is 0.600. The molecule has 0 fully saturated rings. The van der Waals surface area contributed by atoms with Gasteiger partial charge in [-0.25, -0.2) is 0 Å². The Labute approximate surface area is 123 Å². The third-order valence-electron chi connectivity index (χ3n) is 3.00. The SMILES string of the molecule is CCOC(C(N)c1cccc(OC(F)(F)F)c1)C(C)(C)C. The second kappa shape index (κ2) is 6.66. The van der Waals surface area contributed by atoms with Gasteiger partial charge < -0.3 is 15.2 Å². The van der Waals surface area contributed by atoms with Crippen LogP contribution >= 0.6 is 0 Å². The Morgan fingerprint density at radius 2 is 1.81 bits per heavy atom. The summed E-state index contributed by atoms with van der Waals surface area (Å²) >= 11 is 0. The number of alkyl halides is 3. The molecular weight excluding hydrogens is 283 g/mol. The predicted molar refractivity (Wildman–Crippen MR) is 74.9 cm³/mol. The predicted octanol–water partition coefficient (Wildman–Crippen LogP) is 4.04. The van der Waals surface area contributed by atoms with Gasteiger partial charge in [-0.05, 0) is 30.0 Å². The van der Waals surface area contributed by atoms with Gasteiger partial charge in [0, 0.05) is 6.61 Å². The molecule has 0 saturated heterocycles. The summed E-state index contributed by atoms with van der Waals surface area (Å²) in [5, 5.41) is 0. The number of rotatable bonds is 5. The van der Waals surface area contributed by atoms with Crippen molar-refractivity contribution < 1.29 is 22.6 Å². The van der Waals surface area contributed by atoms with Crippen molar-refractivity contribution in [2.24, 2.45) is 11.1 Å². The quantitative estimate of drug-likeness (QED) is 0.893. The maximum Gasteiger partial charge on any atom is 0.573 e. The molecule has 1 aromatic carbocycles. The van der Waals surface area contributed by atoms with Gasteiger partial charge >= 0.3 is 6.36 Å². The lowest BCUT2D eigenvalue weighted by Crippen LogP contribution is -2.39. The fourth-order valence-electron chi connectivity index (χ4n) is 2.17. The van der Waals surface area contributed by atoms with Crippen LogP contribution in [0.1, 0.15) is 39.3 Å². The molecule has 0 bridgehead atoms. The van der Waals surface area contributed by atoms with Gasteiger partial charge in [0.1, 0.15) is 5.75 Å². The van der Waals surface area contributed by atoms with Gasteiger partial charge in [-0.1, -0.05) is 32.9 Å². The highest BCUT2D eigenvalue weighted by molar-refractivity contribution is 5.31. The lowest BCUT2D eigenvalue weighted by molar-refractivity contribution is -0.274. The minimum Gasteiger partial charge on any atom is -0.406 e. The summed E-state index contributed by atoms with van der Waals surface area (Å²) in [7, 11) is 0. The van der Waals surface area contributed by atoms with Crippen molar-refractivity contribution in [1.82, 2.24) is 0 Å². The van der Waals surface area contributed by atoms with E-state index in [1.807, 2.05) is 27.7 Å². The highest BCUT2D eigenvalue weighted by Crippen LogP contribution is 2.33. The smallest absolute Gasteiger partial charge is 0.406 e. The molecule has 0 aromatic heterocycles. The molecule has 0 radical (unpaired) electrons. The molecule has 21 heavy (non-hydrogen) atoms. The average Bonchev–Trinajstić information content (AvgIpc) is 2.32. The van der Waals surface area contributed by atoms with Crippen molar-refractivity contribution >= 4 is 0 Å². The van der Waals surface area contributed by atoms with Crippen LogP contribution in [-0.2, 0) is 4.74 Å². The van der Waals surface area contributed by atoms with Gasteiger partial charge in [0.05, 0.1) is 12.1 Å². The van der Waals surface area contributed by atoms with Crippen molar-refractivity contribution in [2.45, 2.75) is 46.2 Å². The Morgan fingerprint density at radius 3 is 2.29 bits per heavy atom. The summed E-state index contributed by atoms with van der Waals surface area (Å²) in [5.74, 6) is -0.278. The van der Waals surface area contributed by atoms with Crippen molar-refractivity contribution in [3.05, 3.63) is 29.8 Å². The van der Waals surface area contributed by atoms with E-state index in [2.05, 4.69) is 4.74 Å². The maximum atomic E-state index is 12.3. The molecule has 0 aliphatic carbocycles. The van der Waals surface area contributed by atoms with Crippen molar-refractivity contribution in [3.8, 4) is 5.75 Å². The topological polar surface area (TPSA) is 44.5 Å². The first-order valence-electron chi connectivity index (χ1n) is 6.77. The van der Waals surface area contributed by atoms with E-state index in [1.54, 1.807) is 6.07 Å². The van der Waals surface area contributed by atoms with Crippen LogP contribution in [0.25, 0.3) is 0 Å². The number of benzene rings is 1. The van der Waals surface area contributed by atoms with Gasteiger partial charge in [-0.2, -0.15) is 0 Å². The Balaban J connectivity index is 3.00. The Kier molecular flexibility index (Phi) is 5.64. The minimum absolute atomic E-state index is 0.240. The highest BCUT2D eigenvalue weighted by Gasteiger charge is 2.33. The number of halogens is 3.